The van der Waals surface area contributed by atoms with Crippen LogP contribution in [0.2, 0.25) is 0 Å². The van der Waals surface area contributed by atoms with E-state index in [0.29, 0.717) is 6.42 Å². The number of rotatable bonds is 5. The molecule has 0 amide bonds. The SMILES string of the molecule is CCC1(OC(=O)C(C)(CC)CO)CCCCC1. The molecule has 0 aliphatic heterocycles. The molecule has 1 saturated carbocycles. The Morgan fingerprint density at radius 1 is 1.29 bits per heavy atom. The van der Waals surface area contributed by atoms with E-state index in [1.807, 2.05) is 6.92 Å². The molecule has 100 valence electrons. The van der Waals surface area contributed by atoms with Crippen molar-refractivity contribution in [3.8, 4) is 0 Å². The summed E-state index contributed by atoms with van der Waals surface area (Å²) >= 11 is 0. The third-order valence-electron chi connectivity index (χ3n) is 4.34. The van der Waals surface area contributed by atoms with Crippen molar-refractivity contribution < 1.29 is 14.6 Å². The van der Waals surface area contributed by atoms with Crippen LogP contribution >= 0.6 is 0 Å². The normalized spacial score (nSPS) is 22.8. The lowest BCUT2D eigenvalue weighted by atomic mass is 9.81. The zero-order valence-corrected chi connectivity index (χ0v) is 11.4. The summed E-state index contributed by atoms with van der Waals surface area (Å²) < 4.78 is 5.78. The molecule has 1 aliphatic carbocycles. The van der Waals surface area contributed by atoms with E-state index < -0.39 is 5.41 Å². The van der Waals surface area contributed by atoms with Crippen molar-refractivity contribution in [2.24, 2.45) is 5.41 Å². The van der Waals surface area contributed by atoms with Crippen molar-refractivity contribution >= 4 is 5.97 Å². The number of esters is 1. The predicted octanol–water partition coefficient (Wildman–Crippen LogP) is 3.05. The second kappa shape index (κ2) is 5.85. The Bertz CT molecular complexity index is 250. The first-order valence-corrected chi connectivity index (χ1v) is 6.86. The Kier molecular flexibility index (Phi) is 4.99. The Labute approximate surface area is 105 Å². The van der Waals surface area contributed by atoms with Gasteiger partial charge in [0.05, 0.1) is 12.0 Å². The standard InChI is InChI=1S/C14H26O3/c1-4-13(3,11-15)12(16)17-14(5-2)9-7-6-8-10-14/h15H,4-11H2,1-3H3. The van der Waals surface area contributed by atoms with E-state index in [0.717, 1.165) is 32.1 Å². The summed E-state index contributed by atoms with van der Waals surface area (Å²) in [7, 11) is 0. The van der Waals surface area contributed by atoms with Crippen LogP contribution in [0, 0.1) is 5.41 Å². The number of ether oxygens (including phenoxy) is 1. The molecule has 0 aromatic heterocycles. The molecule has 0 aromatic rings. The molecule has 17 heavy (non-hydrogen) atoms. The minimum absolute atomic E-state index is 0.137. The van der Waals surface area contributed by atoms with Gasteiger partial charge in [-0.05, 0) is 45.4 Å². The number of hydrogen-bond acceptors (Lipinski definition) is 3. The van der Waals surface area contributed by atoms with Crippen molar-refractivity contribution in [3.05, 3.63) is 0 Å². The highest BCUT2D eigenvalue weighted by Crippen LogP contribution is 2.36. The molecule has 0 heterocycles. The molecule has 1 aliphatic rings. The average Bonchev–Trinajstić information content (AvgIpc) is 2.38. The zero-order chi connectivity index (χ0) is 12.9. The molecular formula is C14H26O3. The maximum Gasteiger partial charge on any atom is 0.314 e. The summed E-state index contributed by atoms with van der Waals surface area (Å²) in [5, 5.41) is 9.34. The summed E-state index contributed by atoms with van der Waals surface area (Å²) in [6, 6.07) is 0. The van der Waals surface area contributed by atoms with Gasteiger partial charge in [0.1, 0.15) is 5.60 Å². The van der Waals surface area contributed by atoms with E-state index in [1.165, 1.54) is 6.42 Å². The van der Waals surface area contributed by atoms with E-state index in [1.54, 1.807) is 6.92 Å². The van der Waals surface area contributed by atoms with E-state index >= 15 is 0 Å². The molecule has 1 unspecified atom stereocenters. The van der Waals surface area contributed by atoms with Gasteiger partial charge in [-0.15, -0.1) is 0 Å². The fraction of sp³-hybridized carbons (Fsp3) is 0.929. The minimum atomic E-state index is -0.736. The molecular weight excluding hydrogens is 216 g/mol. The molecule has 0 aromatic carbocycles. The van der Waals surface area contributed by atoms with Gasteiger partial charge in [-0.25, -0.2) is 0 Å². The van der Waals surface area contributed by atoms with E-state index in [-0.39, 0.29) is 18.2 Å². The van der Waals surface area contributed by atoms with E-state index in [9.17, 15) is 9.90 Å². The van der Waals surface area contributed by atoms with Crippen molar-refractivity contribution in [1.82, 2.24) is 0 Å². The largest absolute Gasteiger partial charge is 0.459 e. The van der Waals surface area contributed by atoms with Gasteiger partial charge >= 0.3 is 5.97 Å². The zero-order valence-electron chi connectivity index (χ0n) is 11.4. The molecule has 3 heteroatoms. The Morgan fingerprint density at radius 2 is 1.88 bits per heavy atom. The monoisotopic (exact) mass is 242 g/mol. The summed E-state index contributed by atoms with van der Waals surface area (Å²) in [6.45, 7) is 5.64. The van der Waals surface area contributed by atoms with Crippen molar-refractivity contribution in [1.29, 1.82) is 0 Å². The summed E-state index contributed by atoms with van der Waals surface area (Å²) in [5.41, 5.74) is -0.999. The maximum atomic E-state index is 12.2. The quantitative estimate of drug-likeness (QED) is 0.754. The molecule has 0 spiro atoms. The smallest absolute Gasteiger partial charge is 0.314 e. The van der Waals surface area contributed by atoms with Gasteiger partial charge in [-0.2, -0.15) is 0 Å². The van der Waals surface area contributed by atoms with Crippen LogP contribution in [0.4, 0.5) is 0 Å². The Balaban J connectivity index is 2.70. The van der Waals surface area contributed by atoms with Gasteiger partial charge in [0, 0.05) is 0 Å². The first-order chi connectivity index (χ1) is 8.02. The Hall–Kier alpha value is -0.570. The molecule has 0 radical (unpaired) electrons. The molecule has 3 nitrogen and oxygen atoms in total. The van der Waals surface area contributed by atoms with Gasteiger partial charge in [0.2, 0.25) is 0 Å². The molecule has 0 bridgehead atoms. The average molecular weight is 242 g/mol. The highest BCUT2D eigenvalue weighted by atomic mass is 16.6. The lowest BCUT2D eigenvalue weighted by molar-refractivity contribution is -0.178. The van der Waals surface area contributed by atoms with Crippen molar-refractivity contribution in [2.75, 3.05) is 6.61 Å². The Morgan fingerprint density at radius 3 is 2.29 bits per heavy atom. The summed E-state index contributed by atoms with van der Waals surface area (Å²) in [4.78, 5) is 12.2. The molecule has 1 rings (SSSR count). The van der Waals surface area contributed by atoms with Crippen molar-refractivity contribution in [3.63, 3.8) is 0 Å². The van der Waals surface area contributed by atoms with Crippen LogP contribution < -0.4 is 0 Å². The highest BCUT2D eigenvalue weighted by Gasteiger charge is 2.40. The lowest BCUT2D eigenvalue weighted by Crippen LogP contribution is -2.43. The van der Waals surface area contributed by atoms with E-state index in [2.05, 4.69) is 6.92 Å². The van der Waals surface area contributed by atoms with Crippen LogP contribution in [0.3, 0.4) is 0 Å². The number of aliphatic hydroxyl groups excluding tert-OH is 1. The minimum Gasteiger partial charge on any atom is -0.459 e. The van der Waals surface area contributed by atoms with Crippen LogP contribution in [0.15, 0.2) is 0 Å². The fourth-order valence-electron chi connectivity index (χ4n) is 2.36. The molecule has 1 atom stereocenters. The first-order valence-electron chi connectivity index (χ1n) is 6.86. The number of carbonyl (C=O) groups is 1. The molecule has 0 saturated heterocycles. The third kappa shape index (κ3) is 3.21. The van der Waals surface area contributed by atoms with Gasteiger partial charge in [0.25, 0.3) is 0 Å². The van der Waals surface area contributed by atoms with Crippen LogP contribution in [-0.4, -0.2) is 23.3 Å². The topological polar surface area (TPSA) is 46.5 Å². The summed E-state index contributed by atoms with van der Waals surface area (Å²) in [6.07, 6.45) is 6.96. The number of carbonyl (C=O) groups excluding carboxylic acids is 1. The van der Waals surface area contributed by atoms with Gasteiger partial charge < -0.3 is 9.84 Å². The first kappa shape index (κ1) is 14.5. The van der Waals surface area contributed by atoms with Crippen molar-refractivity contribution in [2.45, 2.75) is 71.3 Å². The molecule has 1 fully saturated rings. The predicted molar refractivity (Wildman–Crippen MR) is 67.7 cm³/mol. The van der Waals surface area contributed by atoms with Crippen LogP contribution in [0.25, 0.3) is 0 Å². The second-order valence-corrected chi connectivity index (χ2v) is 5.56. The van der Waals surface area contributed by atoms with Crippen LogP contribution in [-0.2, 0) is 9.53 Å². The number of hydrogen-bond donors (Lipinski definition) is 1. The highest BCUT2D eigenvalue weighted by molar-refractivity contribution is 5.77. The van der Waals surface area contributed by atoms with E-state index in [4.69, 9.17) is 4.74 Å². The van der Waals surface area contributed by atoms with Crippen LogP contribution in [0.5, 0.6) is 0 Å². The third-order valence-corrected chi connectivity index (χ3v) is 4.34. The van der Waals surface area contributed by atoms with Crippen LogP contribution in [0.1, 0.15) is 65.7 Å². The summed E-state index contributed by atoms with van der Waals surface area (Å²) in [5.74, 6) is -0.230. The number of aliphatic hydroxyl groups is 1. The maximum absolute atomic E-state index is 12.2. The van der Waals surface area contributed by atoms with Gasteiger partial charge in [0.15, 0.2) is 0 Å². The van der Waals surface area contributed by atoms with Gasteiger partial charge in [-0.3, -0.25) is 4.79 Å². The molecule has 1 N–H and O–H groups in total. The van der Waals surface area contributed by atoms with Gasteiger partial charge in [-0.1, -0.05) is 20.3 Å². The lowest BCUT2D eigenvalue weighted by Gasteiger charge is -2.38. The fourth-order valence-corrected chi connectivity index (χ4v) is 2.36. The second-order valence-electron chi connectivity index (χ2n) is 5.56.